The minimum absolute atomic E-state index is 0. The first-order valence-electron chi connectivity index (χ1n) is 39.7. The number of allylic oxidation sites excluding steroid dienone is 5. The molecule has 12 fully saturated rings. The van der Waals surface area contributed by atoms with E-state index in [4.69, 9.17) is 30.8 Å². The second-order valence-electron chi connectivity index (χ2n) is 38.8. The first-order chi connectivity index (χ1) is 46.0. The Morgan fingerprint density at radius 1 is 0.373 bits per heavy atom. The van der Waals surface area contributed by atoms with Gasteiger partial charge in [0.1, 0.15) is 22.4 Å². The van der Waals surface area contributed by atoms with Gasteiger partial charge in [0, 0.05) is 43.1 Å². The summed E-state index contributed by atoms with van der Waals surface area (Å²) in [7, 11) is 1.00. The minimum atomic E-state index is -1.03. The molecule has 0 saturated heterocycles. The largest absolute Gasteiger partial charge is 1.00 e. The van der Waals surface area contributed by atoms with Gasteiger partial charge in [0.05, 0.1) is 18.3 Å². The first-order valence-corrected chi connectivity index (χ1v) is 39.7. The van der Waals surface area contributed by atoms with Crippen LogP contribution in [0.2, 0.25) is 0 Å². The van der Waals surface area contributed by atoms with Crippen molar-refractivity contribution in [3.8, 4) is 49.4 Å². The molecule has 0 heterocycles. The van der Waals surface area contributed by atoms with Gasteiger partial charge in [-0.05, 0) is 296 Å². The van der Waals surface area contributed by atoms with Gasteiger partial charge < -0.3 is 47.8 Å². The van der Waals surface area contributed by atoms with Crippen LogP contribution in [0.1, 0.15) is 264 Å². The number of carbonyl (C=O) groups excluding carboxylic acids is 1. The fourth-order valence-electron chi connectivity index (χ4n) is 28.1. The molecule has 10 nitrogen and oxygen atoms in total. The summed E-state index contributed by atoms with van der Waals surface area (Å²) in [5, 5.41) is 84.2. The van der Waals surface area contributed by atoms with Gasteiger partial charge in [-0.2, -0.15) is 0 Å². The van der Waals surface area contributed by atoms with E-state index in [9.17, 15) is 40.5 Å². The SMILES string of the molecule is C#C[C@]1(O)CCC2C3C(=O)C=C4C[C@@H](C)CC[C@]4(C)C3CC[C@@]21C.C#C[C@]1(O)CCC2C3C(CC[C@@]21C)[C@@]1(C)CC[C@H](C)CC1=C[C@@H]3O.C#C[C@]1(O)CCC2C3C(CC[C@@]21C)[C@@]1(C)CC[C@H](C)CC1=C[C@@H]3O.C#C[C@]1(O)CCC2C3C(CC[C@@]21C)[C@@]1(C)CC[C@H](C)CC1=C[C@@H]3O.CO.[B].[H-].[K+].[Na+].[OH-]. The number of carbonyl (C=O) groups is 1. The third kappa shape index (κ3) is 13.0. The van der Waals surface area contributed by atoms with Crippen molar-refractivity contribution in [2.45, 2.75) is 304 Å². The molecule has 0 bridgehead atoms. The zero-order chi connectivity index (χ0) is 71.3. The zero-order valence-corrected chi connectivity index (χ0v) is 71.0. The number of fused-ring (bicyclic) bond motifs is 20. The second-order valence-corrected chi connectivity index (χ2v) is 38.8. The van der Waals surface area contributed by atoms with E-state index in [1.54, 1.807) is 0 Å². The predicted molar refractivity (Wildman–Crippen MR) is 400 cm³/mol. The molecule has 0 amide bonds. The topological polar surface area (TPSA) is 209 Å². The number of ketones is 1. The minimum Gasteiger partial charge on any atom is -1.00 e. The average Bonchev–Trinajstić information content (AvgIpc) is 1.65. The van der Waals surface area contributed by atoms with Crippen molar-refractivity contribution in [3.63, 3.8) is 0 Å². The molecule has 0 aromatic rings. The summed E-state index contributed by atoms with van der Waals surface area (Å²) < 4.78 is 0. The summed E-state index contributed by atoms with van der Waals surface area (Å²) >= 11 is 0. The van der Waals surface area contributed by atoms with Gasteiger partial charge in [-0.3, -0.25) is 4.79 Å². The number of terminal acetylenes is 4. The molecule has 13 heteroatoms. The fraction of sp³-hybridized carbons (Fsp3) is 0.809. The Balaban J connectivity index is 0.000000188. The Kier molecular flexibility index (Phi) is 26.1. The van der Waals surface area contributed by atoms with E-state index in [0.717, 1.165) is 128 Å². The Labute approximate surface area is 685 Å². The molecule has 0 spiro atoms. The van der Waals surface area contributed by atoms with Crippen LogP contribution in [0.4, 0.5) is 0 Å². The van der Waals surface area contributed by atoms with Gasteiger partial charge in [-0.15, -0.1) is 25.7 Å². The summed E-state index contributed by atoms with van der Waals surface area (Å²) in [5.74, 6) is 18.2. The van der Waals surface area contributed by atoms with Crippen molar-refractivity contribution < 1.29 is 133 Å². The Morgan fingerprint density at radius 3 is 0.873 bits per heavy atom. The maximum absolute atomic E-state index is 13.1. The maximum Gasteiger partial charge on any atom is 1.00 e. The number of hydrogen-bond acceptors (Lipinski definition) is 10. The molecule has 16 aliphatic rings. The molecule has 12 unspecified atom stereocenters. The standard InChI is InChI=1S/3C22H32O2.C22H30O2.CH4O.B.K.Na.H2O.H/c4*1-5-22(24)11-8-17-19-16(7-10-21(17,22)4)20(3)9-6-14(2)12-15(20)13-18(19)23;1-2;;;;;/h3*1,13-14,16-19,23-24H,6-12H2,2-4H3;1,13-14,16-17,19,24H,6-12H2,2-4H3;2H,1H3;;;;1H2;/q;;;;;;2*+1;;-1/p-1/t3*14-,16?,17?,18-,19?,20-,21-,22-;14-,16?,17?,19?,20-,21-,22-;;;;;;/m0000....../s1. The Hall–Kier alpha value is -0.789. The molecule has 553 valence electrons. The zero-order valence-electron chi connectivity index (χ0n) is 66.9. The molecule has 9 N–H and O–H groups in total. The maximum atomic E-state index is 13.1. The van der Waals surface area contributed by atoms with Gasteiger partial charge in [0.15, 0.2) is 5.78 Å². The fourth-order valence-corrected chi connectivity index (χ4v) is 28.1. The van der Waals surface area contributed by atoms with Crippen molar-refractivity contribution in [1.29, 1.82) is 0 Å². The monoisotopic (exact) mass is 1430 g/mol. The summed E-state index contributed by atoms with van der Waals surface area (Å²) in [5.41, 5.74) is 1.79. The van der Waals surface area contributed by atoms with E-state index in [1.165, 1.54) is 73.7 Å². The molecule has 0 aromatic carbocycles. The molecular weight excluding hydrogens is 1300 g/mol. The van der Waals surface area contributed by atoms with Gasteiger partial charge in [-0.25, -0.2) is 0 Å². The molecule has 16 rings (SSSR count). The third-order valence-electron chi connectivity index (χ3n) is 34.9. The van der Waals surface area contributed by atoms with Gasteiger partial charge >= 0.3 is 80.9 Å². The van der Waals surface area contributed by atoms with Crippen LogP contribution < -0.4 is 80.9 Å². The van der Waals surface area contributed by atoms with E-state index in [-0.39, 0.29) is 187 Å². The van der Waals surface area contributed by atoms with Crippen LogP contribution in [0.15, 0.2) is 46.6 Å². The van der Waals surface area contributed by atoms with E-state index in [0.29, 0.717) is 78.8 Å². The first kappa shape index (κ1) is 86.8. The van der Waals surface area contributed by atoms with E-state index in [2.05, 4.69) is 125 Å². The van der Waals surface area contributed by atoms with Crippen LogP contribution in [0.25, 0.3) is 0 Å². The molecule has 16 aliphatic carbocycles. The van der Waals surface area contributed by atoms with Crippen molar-refractivity contribution >= 4 is 14.2 Å². The van der Waals surface area contributed by atoms with Gasteiger partial charge in [-0.1, -0.05) is 147 Å². The van der Waals surface area contributed by atoms with E-state index < -0.39 is 22.4 Å². The molecule has 12 saturated carbocycles. The Bertz CT molecular complexity index is 3160. The smallest absolute Gasteiger partial charge is 1.00 e. The molecule has 102 heavy (non-hydrogen) atoms. The van der Waals surface area contributed by atoms with Crippen LogP contribution in [-0.2, 0) is 4.79 Å². The van der Waals surface area contributed by atoms with Crippen molar-refractivity contribution in [2.75, 3.05) is 7.11 Å². The predicted octanol–water partition coefficient (Wildman–Crippen LogP) is 9.06. The molecule has 31 atom stereocenters. The number of rotatable bonds is 0. The summed E-state index contributed by atoms with van der Waals surface area (Å²) in [6.45, 7) is 27.7. The van der Waals surface area contributed by atoms with Crippen LogP contribution in [0.3, 0.4) is 0 Å². The Morgan fingerprint density at radius 2 is 0.598 bits per heavy atom. The summed E-state index contributed by atoms with van der Waals surface area (Å²) in [6.07, 6.45) is 59.6. The van der Waals surface area contributed by atoms with Crippen LogP contribution in [0.5, 0.6) is 0 Å². The number of hydrogen-bond donors (Lipinski definition) is 8. The quantitative estimate of drug-likeness (QED) is 0.0656. The van der Waals surface area contributed by atoms with E-state index in [1.807, 2.05) is 6.08 Å². The van der Waals surface area contributed by atoms with Gasteiger partial charge in [0.25, 0.3) is 0 Å². The van der Waals surface area contributed by atoms with Crippen molar-refractivity contribution in [2.24, 2.45) is 138 Å². The van der Waals surface area contributed by atoms with Gasteiger partial charge in [0.2, 0.25) is 0 Å². The molecular formula is C89H132BKNaO10. The molecule has 0 aliphatic heterocycles. The van der Waals surface area contributed by atoms with Crippen LogP contribution in [-0.4, -0.2) is 108 Å². The summed E-state index contributed by atoms with van der Waals surface area (Å²) in [6, 6.07) is 0. The molecule has 0 aromatic heterocycles. The van der Waals surface area contributed by atoms with Crippen molar-refractivity contribution in [1.82, 2.24) is 0 Å². The van der Waals surface area contributed by atoms with Crippen LogP contribution >= 0.6 is 0 Å². The van der Waals surface area contributed by atoms with E-state index >= 15 is 0 Å². The number of aliphatic hydroxyl groups excluding tert-OH is 4. The average molecular weight is 1430 g/mol. The third-order valence-corrected chi connectivity index (χ3v) is 34.9. The normalized spacial score (nSPS) is 52.5. The number of aliphatic hydroxyl groups is 8. The second kappa shape index (κ2) is 30.7. The molecule has 3 radical (unpaired) electrons. The summed E-state index contributed by atoms with van der Waals surface area (Å²) in [4.78, 5) is 13.1. The van der Waals surface area contributed by atoms with Crippen LogP contribution in [0, 0.1) is 187 Å². The van der Waals surface area contributed by atoms with Crippen molar-refractivity contribution in [3.05, 3.63) is 46.6 Å².